The SMILES string of the molecule is O=C(O)c1cccc(COCC2CCCCCC2)n1. The molecule has 1 N–H and O–H groups in total. The lowest BCUT2D eigenvalue weighted by atomic mass is 10.0. The predicted octanol–water partition coefficient (Wildman–Crippen LogP) is 3.27. The Labute approximate surface area is 113 Å². The highest BCUT2D eigenvalue weighted by atomic mass is 16.5. The molecule has 1 aliphatic rings. The molecule has 19 heavy (non-hydrogen) atoms. The van der Waals surface area contributed by atoms with Gasteiger partial charge in [-0.3, -0.25) is 0 Å². The molecule has 2 rings (SSSR count). The molecule has 0 unspecified atom stereocenters. The summed E-state index contributed by atoms with van der Waals surface area (Å²) in [6, 6.07) is 5.01. The second kappa shape index (κ2) is 7.24. The zero-order chi connectivity index (χ0) is 13.5. The first kappa shape index (κ1) is 14.0. The minimum absolute atomic E-state index is 0.0792. The summed E-state index contributed by atoms with van der Waals surface area (Å²) in [4.78, 5) is 14.9. The highest BCUT2D eigenvalue weighted by Crippen LogP contribution is 2.23. The van der Waals surface area contributed by atoms with Gasteiger partial charge in [0.05, 0.1) is 12.3 Å². The minimum atomic E-state index is -0.995. The molecular formula is C15H21NO3. The molecule has 4 nitrogen and oxygen atoms in total. The van der Waals surface area contributed by atoms with E-state index in [2.05, 4.69) is 4.98 Å². The zero-order valence-corrected chi connectivity index (χ0v) is 11.2. The summed E-state index contributed by atoms with van der Waals surface area (Å²) in [6.07, 6.45) is 7.81. The predicted molar refractivity (Wildman–Crippen MR) is 72.0 cm³/mol. The van der Waals surface area contributed by atoms with Gasteiger partial charge >= 0.3 is 5.97 Å². The van der Waals surface area contributed by atoms with Crippen molar-refractivity contribution in [2.45, 2.75) is 45.1 Å². The summed E-state index contributed by atoms with van der Waals surface area (Å²) in [5, 5.41) is 8.87. The highest BCUT2D eigenvalue weighted by Gasteiger charge is 2.12. The van der Waals surface area contributed by atoms with Crippen LogP contribution in [-0.2, 0) is 11.3 Å². The molecule has 1 saturated carbocycles. The van der Waals surface area contributed by atoms with Crippen LogP contribution in [0.1, 0.15) is 54.7 Å². The third kappa shape index (κ3) is 4.63. The van der Waals surface area contributed by atoms with E-state index in [4.69, 9.17) is 9.84 Å². The molecular weight excluding hydrogens is 242 g/mol. The van der Waals surface area contributed by atoms with Crippen molar-refractivity contribution in [2.24, 2.45) is 5.92 Å². The van der Waals surface area contributed by atoms with E-state index in [1.807, 2.05) is 0 Å². The molecule has 4 heteroatoms. The van der Waals surface area contributed by atoms with Crippen LogP contribution in [0.4, 0.5) is 0 Å². The van der Waals surface area contributed by atoms with Crippen molar-refractivity contribution in [2.75, 3.05) is 6.61 Å². The molecule has 1 fully saturated rings. The quantitative estimate of drug-likeness (QED) is 0.828. The molecule has 0 amide bonds. The molecule has 0 radical (unpaired) electrons. The van der Waals surface area contributed by atoms with Crippen LogP contribution in [0.2, 0.25) is 0 Å². The van der Waals surface area contributed by atoms with Gasteiger partial charge in [-0.05, 0) is 30.9 Å². The second-order valence-corrected chi connectivity index (χ2v) is 5.19. The molecule has 0 saturated heterocycles. The number of carboxylic acid groups (broad SMARTS) is 1. The fourth-order valence-electron chi connectivity index (χ4n) is 2.54. The van der Waals surface area contributed by atoms with E-state index in [1.54, 1.807) is 12.1 Å². The van der Waals surface area contributed by atoms with E-state index in [1.165, 1.54) is 44.6 Å². The van der Waals surface area contributed by atoms with E-state index in [9.17, 15) is 4.79 Å². The lowest BCUT2D eigenvalue weighted by Gasteiger charge is -2.13. The Morgan fingerprint density at radius 2 is 2.00 bits per heavy atom. The molecule has 1 aliphatic carbocycles. The van der Waals surface area contributed by atoms with Crippen LogP contribution in [0.25, 0.3) is 0 Å². The Morgan fingerprint density at radius 3 is 2.68 bits per heavy atom. The number of nitrogens with zero attached hydrogens (tertiary/aromatic N) is 1. The lowest BCUT2D eigenvalue weighted by Crippen LogP contribution is -2.10. The van der Waals surface area contributed by atoms with Gasteiger partial charge in [-0.2, -0.15) is 0 Å². The van der Waals surface area contributed by atoms with Gasteiger partial charge in [-0.15, -0.1) is 0 Å². The first-order chi connectivity index (χ1) is 9.25. The van der Waals surface area contributed by atoms with Gasteiger partial charge in [0, 0.05) is 6.61 Å². The molecule has 0 aromatic carbocycles. The van der Waals surface area contributed by atoms with Crippen LogP contribution < -0.4 is 0 Å². The summed E-state index contributed by atoms with van der Waals surface area (Å²) in [5.74, 6) is -0.337. The number of rotatable bonds is 5. The van der Waals surface area contributed by atoms with E-state index in [0.29, 0.717) is 18.2 Å². The maximum absolute atomic E-state index is 10.8. The van der Waals surface area contributed by atoms with Gasteiger partial charge in [0.15, 0.2) is 0 Å². The third-order valence-corrected chi connectivity index (χ3v) is 3.60. The average Bonchev–Trinajstić information content (AvgIpc) is 2.68. The lowest BCUT2D eigenvalue weighted by molar-refractivity contribution is 0.0684. The number of hydrogen-bond donors (Lipinski definition) is 1. The first-order valence-corrected chi connectivity index (χ1v) is 7.02. The van der Waals surface area contributed by atoms with Crippen molar-refractivity contribution in [3.8, 4) is 0 Å². The van der Waals surface area contributed by atoms with Crippen LogP contribution in [-0.4, -0.2) is 22.7 Å². The Hall–Kier alpha value is -1.42. The molecule has 0 aliphatic heterocycles. The normalized spacial score (nSPS) is 17.1. The molecule has 0 bridgehead atoms. The topological polar surface area (TPSA) is 59.4 Å². The van der Waals surface area contributed by atoms with E-state index < -0.39 is 5.97 Å². The number of ether oxygens (including phenoxy) is 1. The van der Waals surface area contributed by atoms with E-state index >= 15 is 0 Å². The van der Waals surface area contributed by atoms with Crippen molar-refractivity contribution < 1.29 is 14.6 Å². The summed E-state index contributed by atoms with van der Waals surface area (Å²) in [5.41, 5.74) is 0.768. The smallest absolute Gasteiger partial charge is 0.354 e. The minimum Gasteiger partial charge on any atom is -0.477 e. The summed E-state index contributed by atoms with van der Waals surface area (Å²) in [6.45, 7) is 1.16. The molecule has 0 atom stereocenters. The number of carbonyl (C=O) groups is 1. The van der Waals surface area contributed by atoms with Crippen molar-refractivity contribution in [1.29, 1.82) is 0 Å². The second-order valence-electron chi connectivity index (χ2n) is 5.19. The van der Waals surface area contributed by atoms with Gasteiger partial charge in [0.25, 0.3) is 0 Å². The van der Waals surface area contributed by atoms with Crippen LogP contribution in [0, 0.1) is 5.92 Å². The van der Waals surface area contributed by atoms with Crippen LogP contribution in [0.5, 0.6) is 0 Å². The summed E-state index contributed by atoms with van der Waals surface area (Å²) >= 11 is 0. The average molecular weight is 263 g/mol. The maximum atomic E-state index is 10.8. The van der Waals surface area contributed by atoms with E-state index in [0.717, 1.165) is 6.61 Å². The third-order valence-electron chi connectivity index (χ3n) is 3.60. The number of aromatic nitrogens is 1. The fourth-order valence-corrected chi connectivity index (χ4v) is 2.54. The van der Waals surface area contributed by atoms with Gasteiger partial charge in [-0.25, -0.2) is 9.78 Å². The van der Waals surface area contributed by atoms with Gasteiger partial charge in [0.2, 0.25) is 0 Å². The number of carboxylic acids is 1. The van der Waals surface area contributed by atoms with Gasteiger partial charge in [0.1, 0.15) is 5.69 Å². The summed E-state index contributed by atoms with van der Waals surface area (Å²) < 4.78 is 5.69. The zero-order valence-electron chi connectivity index (χ0n) is 11.2. The maximum Gasteiger partial charge on any atom is 0.354 e. The largest absolute Gasteiger partial charge is 0.477 e. The first-order valence-electron chi connectivity index (χ1n) is 7.02. The Morgan fingerprint density at radius 1 is 1.26 bits per heavy atom. The van der Waals surface area contributed by atoms with Crippen LogP contribution >= 0.6 is 0 Å². The van der Waals surface area contributed by atoms with Gasteiger partial charge < -0.3 is 9.84 Å². The van der Waals surface area contributed by atoms with Crippen LogP contribution in [0.15, 0.2) is 18.2 Å². The molecule has 1 aromatic rings. The van der Waals surface area contributed by atoms with Crippen molar-refractivity contribution in [3.05, 3.63) is 29.6 Å². The van der Waals surface area contributed by atoms with E-state index in [-0.39, 0.29) is 5.69 Å². The Kier molecular flexibility index (Phi) is 5.33. The number of aromatic carboxylic acids is 1. The van der Waals surface area contributed by atoms with Gasteiger partial charge in [-0.1, -0.05) is 31.7 Å². The standard InChI is InChI=1S/C15H21NO3/c17-15(18)14-9-5-8-13(16-14)11-19-10-12-6-3-1-2-4-7-12/h5,8-9,12H,1-4,6-7,10-11H2,(H,17,18). The van der Waals surface area contributed by atoms with Crippen molar-refractivity contribution >= 4 is 5.97 Å². The molecule has 1 heterocycles. The van der Waals surface area contributed by atoms with Crippen molar-refractivity contribution in [1.82, 2.24) is 4.98 Å². The monoisotopic (exact) mass is 263 g/mol. The summed E-state index contributed by atoms with van der Waals surface area (Å²) in [7, 11) is 0. The Bertz CT molecular complexity index is 412. The van der Waals surface area contributed by atoms with Crippen molar-refractivity contribution in [3.63, 3.8) is 0 Å². The highest BCUT2D eigenvalue weighted by molar-refractivity contribution is 5.85. The Balaban J connectivity index is 1.78. The molecule has 104 valence electrons. The molecule has 0 spiro atoms. The number of pyridine rings is 1. The number of hydrogen-bond acceptors (Lipinski definition) is 3. The van der Waals surface area contributed by atoms with Crippen LogP contribution in [0.3, 0.4) is 0 Å². The fraction of sp³-hybridized carbons (Fsp3) is 0.600. The molecule has 1 aromatic heterocycles.